The first-order valence-corrected chi connectivity index (χ1v) is 12.9. The highest BCUT2D eigenvalue weighted by atomic mass is 19.4. The van der Waals surface area contributed by atoms with Crippen LogP contribution in [-0.4, -0.2) is 41.8 Å². The van der Waals surface area contributed by atoms with Crippen molar-refractivity contribution < 1.29 is 37.1 Å². The van der Waals surface area contributed by atoms with Crippen LogP contribution in [0.5, 0.6) is 11.5 Å². The Morgan fingerprint density at radius 2 is 1.48 bits per heavy atom. The molecule has 0 atom stereocenters. The van der Waals surface area contributed by atoms with Crippen LogP contribution in [0.3, 0.4) is 0 Å². The Labute approximate surface area is 249 Å². The SMILES string of the molecule is COC(=O)c1c(N(Cc2ccc(OC)cc2)Cc2ccc(OC)cc2)ncn(-c2c(C)cc(C(F)(F)F)cc2[N+](=O)[O-])c1=O. The van der Waals surface area contributed by atoms with E-state index in [2.05, 4.69) is 4.98 Å². The molecule has 3 aromatic carbocycles. The molecular weight excluding hydrogens is 585 g/mol. The molecule has 4 aromatic rings. The maximum Gasteiger partial charge on any atom is 0.416 e. The topological polar surface area (TPSA) is 126 Å². The summed E-state index contributed by atoms with van der Waals surface area (Å²) in [5, 5.41) is 11.9. The quantitative estimate of drug-likeness (QED) is 0.130. The summed E-state index contributed by atoms with van der Waals surface area (Å²) in [5.74, 6) is 0.0327. The van der Waals surface area contributed by atoms with Gasteiger partial charge in [0, 0.05) is 19.2 Å². The van der Waals surface area contributed by atoms with Gasteiger partial charge in [-0.25, -0.2) is 9.78 Å². The number of hydrogen-bond donors (Lipinski definition) is 0. The lowest BCUT2D eigenvalue weighted by atomic mass is 10.1. The molecule has 0 saturated carbocycles. The lowest BCUT2D eigenvalue weighted by Gasteiger charge is -2.26. The monoisotopic (exact) mass is 612 g/mol. The van der Waals surface area contributed by atoms with E-state index in [-0.39, 0.29) is 24.5 Å². The number of alkyl halides is 3. The Bertz CT molecular complexity index is 1690. The number of benzene rings is 3. The molecule has 0 N–H and O–H groups in total. The Morgan fingerprint density at radius 3 is 1.91 bits per heavy atom. The number of methoxy groups -OCH3 is 3. The van der Waals surface area contributed by atoms with Crippen molar-refractivity contribution in [1.82, 2.24) is 9.55 Å². The van der Waals surface area contributed by atoms with E-state index in [9.17, 15) is 32.9 Å². The van der Waals surface area contributed by atoms with Crippen LogP contribution in [-0.2, 0) is 24.0 Å². The smallest absolute Gasteiger partial charge is 0.416 e. The number of rotatable bonds is 10. The molecule has 0 aliphatic rings. The lowest BCUT2D eigenvalue weighted by Crippen LogP contribution is -2.33. The van der Waals surface area contributed by atoms with Crippen LogP contribution >= 0.6 is 0 Å². The highest BCUT2D eigenvalue weighted by molar-refractivity contribution is 5.94. The fourth-order valence-electron chi connectivity index (χ4n) is 4.61. The molecule has 11 nitrogen and oxygen atoms in total. The molecule has 0 aliphatic heterocycles. The van der Waals surface area contributed by atoms with E-state index >= 15 is 0 Å². The zero-order chi connectivity index (χ0) is 32.2. The second kappa shape index (κ2) is 12.9. The van der Waals surface area contributed by atoms with E-state index in [0.717, 1.165) is 24.6 Å². The molecule has 0 fully saturated rings. The van der Waals surface area contributed by atoms with Gasteiger partial charge >= 0.3 is 12.1 Å². The molecule has 0 aliphatic carbocycles. The van der Waals surface area contributed by atoms with Crippen LogP contribution in [0, 0.1) is 17.0 Å². The van der Waals surface area contributed by atoms with Gasteiger partial charge in [0.2, 0.25) is 0 Å². The minimum atomic E-state index is -4.87. The third-order valence-corrected chi connectivity index (χ3v) is 6.75. The summed E-state index contributed by atoms with van der Waals surface area (Å²) in [4.78, 5) is 43.8. The first-order valence-electron chi connectivity index (χ1n) is 12.9. The number of esters is 1. The van der Waals surface area contributed by atoms with Crippen molar-refractivity contribution in [1.29, 1.82) is 0 Å². The number of carbonyl (C=O) groups excluding carboxylic acids is 1. The molecule has 1 heterocycles. The summed E-state index contributed by atoms with van der Waals surface area (Å²) in [5.41, 5.74) is -3.06. The van der Waals surface area contributed by atoms with E-state index in [1.807, 2.05) is 0 Å². The molecule has 0 bridgehead atoms. The summed E-state index contributed by atoms with van der Waals surface area (Å²) >= 11 is 0. The summed E-state index contributed by atoms with van der Waals surface area (Å²) in [7, 11) is 4.09. The second-order valence-electron chi connectivity index (χ2n) is 9.58. The highest BCUT2D eigenvalue weighted by Gasteiger charge is 2.35. The molecule has 0 radical (unpaired) electrons. The average Bonchev–Trinajstić information content (AvgIpc) is 3.00. The molecule has 1 aromatic heterocycles. The number of carbonyl (C=O) groups is 1. The number of nitro groups is 1. The zero-order valence-electron chi connectivity index (χ0n) is 24.0. The molecule has 0 amide bonds. The molecule has 0 saturated heterocycles. The third kappa shape index (κ3) is 6.64. The van der Waals surface area contributed by atoms with Gasteiger partial charge < -0.3 is 19.1 Å². The molecule has 230 valence electrons. The van der Waals surface area contributed by atoms with Gasteiger partial charge in [0.25, 0.3) is 11.2 Å². The maximum atomic E-state index is 13.9. The summed E-state index contributed by atoms with van der Waals surface area (Å²) < 4.78 is 56.3. The van der Waals surface area contributed by atoms with Crippen LogP contribution in [0.15, 0.2) is 71.8 Å². The van der Waals surface area contributed by atoms with E-state index in [1.165, 1.54) is 21.1 Å². The Hall–Kier alpha value is -5.40. The van der Waals surface area contributed by atoms with Crippen molar-refractivity contribution in [3.8, 4) is 17.2 Å². The van der Waals surface area contributed by atoms with E-state index in [0.29, 0.717) is 28.2 Å². The maximum absolute atomic E-state index is 13.9. The van der Waals surface area contributed by atoms with E-state index < -0.39 is 45.1 Å². The van der Waals surface area contributed by atoms with Gasteiger partial charge in [-0.15, -0.1) is 0 Å². The van der Waals surface area contributed by atoms with Crippen molar-refractivity contribution in [2.45, 2.75) is 26.2 Å². The first-order chi connectivity index (χ1) is 20.9. The summed E-state index contributed by atoms with van der Waals surface area (Å²) in [6.07, 6.45) is -3.93. The number of hydrogen-bond acceptors (Lipinski definition) is 9. The molecule has 4 rings (SSSR count). The van der Waals surface area contributed by atoms with Crippen molar-refractivity contribution in [2.24, 2.45) is 0 Å². The molecule has 0 spiro atoms. The lowest BCUT2D eigenvalue weighted by molar-refractivity contribution is -0.384. The number of halogens is 3. The van der Waals surface area contributed by atoms with Gasteiger partial charge in [-0.2, -0.15) is 13.2 Å². The number of aryl methyl sites for hydroxylation is 1. The van der Waals surface area contributed by atoms with Gasteiger partial charge in [0.1, 0.15) is 23.5 Å². The Morgan fingerprint density at radius 1 is 0.955 bits per heavy atom. The van der Waals surface area contributed by atoms with E-state index in [1.54, 1.807) is 53.4 Å². The van der Waals surface area contributed by atoms with Crippen LogP contribution in [0.2, 0.25) is 0 Å². The van der Waals surface area contributed by atoms with E-state index in [4.69, 9.17) is 14.2 Å². The molecular formula is C30H27F3N4O7. The average molecular weight is 613 g/mol. The fraction of sp³-hybridized carbons (Fsp3) is 0.233. The van der Waals surface area contributed by atoms with Gasteiger partial charge in [-0.3, -0.25) is 19.5 Å². The predicted octanol–water partition coefficient (Wildman–Crippen LogP) is 5.48. The van der Waals surface area contributed by atoms with Gasteiger partial charge in [-0.1, -0.05) is 24.3 Å². The molecule has 14 heteroatoms. The van der Waals surface area contributed by atoms with Crippen molar-refractivity contribution in [2.75, 3.05) is 26.2 Å². The van der Waals surface area contributed by atoms with Crippen LogP contribution in [0.4, 0.5) is 24.7 Å². The summed E-state index contributed by atoms with van der Waals surface area (Å²) in [6, 6.07) is 15.1. The highest BCUT2D eigenvalue weighted by Crippen LogP contribution is 2.36. The van der Waals surface area contributed by atoms with Gasteiger partial charge in [-0.05, 0) is 53.9 Å². The van der Waals surface area contributed by atoms with Crippen LogP contribution in [0.25, 0.3) is 5.69 Å². The summed E-state index contributed by atoms with van der Waals surface area (Å²) in [6.45, 7) is 1.49. The van der Waals surface area contributed by atoms with Crippen LogP contribution < -0.4 is 19.9 Å². The Kier molecular flexibility index (Phi) is 9.21. The minimum absolute atomic E-state index is 0.100. The van der Waals surface area contributed by atoms with Crippen molar-refractivity contribution in [3.63, 3.8) is 0 Å². The van der Waals surface area contributed by atoms with Crippen LogP contribution in [0.1, 0.15) is 32.6 Å². The van der Waals surface area contributed by atoms with Crippen molar-refractivity contribution >= 4 is 17.5 Å². The van der Waals surface area contributed by atoms with Gasteiger partial charge in [0.05, 0.1) is 31.8 Å². The third-order valence-electron chi connectivity index (χ3n) is 6.75. The molecule has 44 heavy (non-hydrogen) atoms. The second-order valence-corrected chi connectivity index (χ2v) is 9.58. The van der Waals surface area contributed by atoms with Crippen molar-refractivity contribution in [3.05, 3.63) is 115 Å². The fourth-order valence-corrected chi connectivity index (χ4v) is 4.61. The first kappa shape index (κ1) is 31.5. The zero-order valence-corrected chi connectivity index (χ0v) is 24.0. The largest absolute Gasteiger partial charge is 0.497 e. The Balaban J connectivity index is 1.92. The van der Waals surface area contributed by atoms with Gasteiger partial charge in [0.15, 0.2) is 11.4 Å². The number of nitrogens with zero attached hydrogens (tertiary/aromatic N) is 4. The predicted molar refractivity (Wildman–Crippen MR) is 153 cm³/mol. The molecule has 0 unspecified atom stereocenters. The number of anilines is 1. The number of aromatic nitrogens is 2. The minimum Gasteiger partial charge on any atom is -0.497 e. The number of nitro benzene ring substituents is 1. The number of ether oxygens (including phenoxy) is 3. The standard InChI is InChI=1S/C30H27F3N4O7/c1-18-13-21(30(31,32)33)14-24(37(40)41)26(18)36-17-34-27(25(28(36)38)29(39)44-4)35(15-19-5-9-22(42-2)10-6-19)16-20-7-11-23(43-3)12-8-20/h5-14,17H,15-16H2,1-4H3. The normalized spacial score (nSPS) is 11.2.